The molecule has 0 aromatic heterocycles. The summed E-state index contributed by atoms with van der Waals surface area (Å²) in [6.07, 6.45) is 10.2. The lowest BCUT2D eigenvalue weighted by Gasteiger charge is -2.10. The van der Waals surface area contributed by atoms with Crippen LogP contribution in [-0.2, 0) is 0 Å². The molecule has 0 saturated heterocycles. The molecule has 2 N–H and O–H groups in total. The Hall–Kier alpha value is -0.560. The predicted molar refractivity (Wildman–Crippen MR) is 42.5 cm³/mol. The third-order valence-electron chi connectivity index (χ3n) is 2.48. The normalized spacial score (nSPS) is 37.5. The van der Waals surface area contributed by atoms with Crippen LogP contribution in [0.3, 0.4) is 0 Å². The minimum atomic E-state index is 0.441. The summed E-state index contributed by atoms with van der Waals surface area (Å²) in [5, 5.41) is 0. The molecule has 0 heterocycles. The lowest BCUT2D eigenvalue weighted by atomic mass is 9.95. The van der Waals surface area contributed by atoms with Gasteiger partial charge in [0.15, 0.2) is 0 Å². The third kappa shape index (κ3) is 0.907. The van der Waals surface area contributed by atoms with Crippen molar-refractivity contribution >= 4 is 0 Å². The van der Waals surface area contributed by atoms with Crippen LogP contribution in [0.1, 0.15) is 19.3 Å². The number of nitrogens with two attached hydrogens (primary N) is 1. The monoisotopic (exact) mass is 135 g/mol. The number of hydrogen-bond acceptors (Lipinski definition) is 1. The SMILES string of the molecule is NC1CC2=CC=CCC2C1. The van der Waals surface area contributed by atoms with E-state index < -0.39 is 0 Å². The fourth-order valence-electron chi connectivity index (χ4n) is 1.96. The van der Waals surface area contributed by atoms with Crippen molar-refractivity contribution in [1.82, 2.24) is 0 Å². The first kappa shape index (κ1) is 6.17. The zero-order valence-corrected chi connectivity index (χ0v) is 6.09. The molecule has 0 spiro atoms. The van der Waals surface area contributed by atoms with Crippen molar-refractivity contribution in [2.45, 2.75) is 25.3 Å². The van der Waals surface area contributed by atoms with Gasteiger partial charge in [0, 0.05) is 6.04 Å². The second-order valence-electron chi connectivity index (χ2n) is 3.30. The van der Waals surface area contributed by atoms with Gasteiger partial charge in [-0.3, -0.25) is 0 Å². The highest BCUT2D eigenvalue weighted by Gasteiger charge is 2.26. The molecule has 0 radical (unpaired) electrons. The van der Waals surface area contributed by atoms with Crippen molar-refractivity contribution in [1.29, 1.82) is 0 Å². The van der Waals surface area contributed by atoms with Gasteiger partial charge >= 0.3 is 0 Å². The van der Waals surface area contributed by atoms with E-state index in [0.717, 1.165) is 12.3 Å². The van der Waals surface area contributed by atoms with Crippen LogP contribution in [-0.4, -0.2) is 6.04 Å². The van der Waals surface area contributed by atoms with Gasteiger partial charge in [-0.25, -0.2) is 0 Å². The standard InChI is InChI=1S/C9H13N/c10-9-5-7-3-1-2-4-8(7)6-9/h1-3,8-9H,4-6,10H2. The van der Waals surface area contributed by atoms with E-state index >= 15 is 0 Å². The zero-order valence-electron chi connectivity index (χ0n) is 6.09. The highest BCUT2D eigenvalue weighted by atomic mass is 14.7. The first-order valence-corrected chi connectivity index (χ1v) is 3.97. The molecule has 2 aliphatic rings. The predicted octanol–water partition coefficient (Wildman–Crippen LogP) is 1.61. The second kappa shape index (κ2) is 2.24. The molecule has 1 nitrogen and oxygen atoms in total. The molecule has 10 heavy (non-hydrogen) atoms. The van der Waals surface area contributed by atoms with E-state index in [0.29, 0.717) is 6.04 Å². The summed E-state index contributed by atoms with van der Waals surface area (Å²) in [5.74, 6) is 0.792. The quantitative estimate of drug-likeness (QED) is 0.536. The number of allylic oxidation sites excluding steroid dienone is 3. The fourth-order valence-corrected chi connectivity index (χ4v) is 1.96. The van der Waals surface area contributed by atoms with Gasteiger partial charge < -0.3 is 5.73 Å². The molecular weight excluding hydrogens is 122 g/mol. The first-order valence-electron chi connectivity index (χ1n) is 3.97. The molecule has 0 bridgehead atoms. The summed E-state index contributed by atoms with van der Waals surface area (Å²) >= 11 is 0. The van der Waals surface area contributed by atoms with E-state index in [2.05, 4.69) is 18.2 Å². The van der Waals surface area contributed by atoms with Crippen LogP contribution in [0.4, 0.5) is 0 Å². The van der Waals surface area contributed by atoms with Gasteiger partial charge in [-0.1, -0.05) is 23.8 Å². The fraction of sp³-hybridized carbons (Fsp3) is 0.556. The summed E-state index contributed by atoms with van der Waals surface area (Å²) in [6, 6.07) is 0.441. The molecule has 0 aliphatic heterocycles. The minimum Gasteiger partial charge on any atom is -0.327 e. The summed E-state index contributed by atoms with van der Waals surface area (Å²) in [5.41, 5.74) is 7.40. The Morgan fingerprint density at radius 2 is 2.40 bits per heavy atom. The number of rotatable bonds is 0. The molecule has 1 saturated carbocycles. The average Bonchev–Trinajstić information content (AvgIpc) is 2.27. The van der Waals surface area contributed by atoms with E-state index in [1.807, 2.05) is 0 Å². The summed E-state index contributed by atoms with van der Waals surface area (Å²) in [6.45, 7) is 0. The number of hydrogen-bond donors (Lipinski definition) is 1. The number of fused-ring (bicyclic) bond motifs is 1. The van der Waals surface area contributed by atoms with Crippen molar-refractivity contribution in [2.75, 3.05) is 0 Å². The highest BCUT2D eigenvalue weighted by Crippen LogP contribution is 2.34. The van der Waals surface area contributed by atoms with Gasteiger partial charge in [0.1, 0.15) is 0 Å². The van der Waals surface area contributed by atoms with Crippen LogP contribution in [0.2, 0.25) is 0 Å². The maximum atomic E-state index is 5.83. The first-order chi connectivity index (χ1) is 4.86. The molecule has 0 aromatic rings. The topological polar surface area (TPSA) is 26.0 Å². The van der Waals surface area contributed by atoms with E-state index in [1.165, 1.54) is 12.8 Å². The Morgan fingerprint density at radius 1 is 1.50 bits per heavy atom. The van der Waals surface area contributed by atoms with E-state index in [4.69, 9.17) is 5.73 Å². The Bertz CT molecular complexity index is 191. The molecule has 2 unspecified atom stereocenters. The molecule has 54 valence electrons. The second-order valence-corrected chi connectivity index (χ2v) is 3.30. The van der Waals surface area contributed by atoms with Crippen LogP contribution in [0.25, 0.3) is 0 Å². The van der Waals surface area contributed by atoms with Crippen LogP contribution in [0, 0.1) is 5.92 Å². The van der Waals surface area contributed by atoms with E-state index in [-0.39, 0.29) is 0 Å². The van der Waals surface area contributed by atoms with E-state index in [9.17, 15) is 0 Å². The molecule has 1 heteroatoms. The molecular formula is C9H13N. The average molecular weight is 135 g/mol. The lowest BCUT2D eigenvalue weighted by molar-refractivity contribution is 0.589. The van der Waals surface area contributed by atoms with Gasteiger partial charge in [-0.05, 0) is 25.2 Å². The summed E-state index contributed by atoms with van der Waals surface area (Å²) in [7, 11) is 0. The molecule has 0 amide bonds. The Kier molecular flexibility index (Phi) is 1.38. The van der Waals surface area contributed by atoms with Crippen molar-refractivity contribution < 1.29 is 0 Å². The largest absolute Gasteiger partial charge is 0.327 e. The van der Waals surface area contributed by atoms with Gasteiger partial charge in [0.05, 0.1) is 0 Å². The zero-order chi connectivity index (χ0) is 6.97. The maximum absolute atomic E-state index is 5.83. The molecule has 0 aromatic carbocycles. The summed E-state index contributed by atoms with van der Waals surface area (Å²) in [4.78, 5) is 0. The smallest absolute Gasteiger partial charge is 0.00821 e. The van der Waals surface area contributed by atoms with Crippen molar-refractivity contribution in [3.63, 3.8) is 0 Å². The van der Waals surface area contributed by atoms with Crippen LogP contribution in [0.15, 0.2) is 23.8 Å². The van der Waals surface area contributed by atoms with E-state index in [1.54, 1.807) is 5.57 Å². The van der Waals surface area contributed by atoms with Gasteiger partial charge in [0.2, 0.25) is 0 Å². The van der Waals surface area contributed by atoms with Crippen LogP contribution >= 0.6 is 0 Å². The molecule has 1 fully saturated rings. The molecule has 2 aliphatic carbocycles. The Balaban J connectivity index is 2.18. The Morgan fingerprint density at radius 3 is 3.20 bits per heavy atom. The van der Waals surface area contributed by atoms with Crippen molar-refractivity contribution in [3.8, 4) is 0 Å². The maximum Gasteiger partial charge on any atom is 0.00821 e. The van der Waals surface area contributed by atoms with Crippen molar-refractivity contribution in [3.05, 3.63) is 23.8 Å². The lowest BCUT2D eigenvalue weighted by Crippen LogP contribution is -2.14. The van der Waals surface area contributed by atoms with Crippen LogP contribution < -0.4 is 5.73 Å². The third-order valence-corrected chi connectivity index (χ3v) is 2.48. The van der Waals surface area contributed by atoms with Gasteiger partial charge in [-0.2, -0.15) is 0 Å². The van der Waals surface area contributed by atoms with Crippen LogP contribution in [0.5, 0.6) is 0 Å². The minimum absolute atomic E-state index is 0.441. The molecule has 2 rings (SSSR count). The Labute approximate surface area is 61.6 Å². The molecule has 2 atom stereocenters. The van der Waals surface area contributed by atoms with Gasteiger partial charge in [-0.15, -0.1) is 0 Å². The summed E-state index contributed by atoms with van der Waals surface area (Å²) < 4.78 is 0. The van der Waals surface area contributed by atoms with Crippen molar-refractivity contribution in [2.24, 2.45) is 11.7 Å². The van der Waals surface area contributed by atoms with Gasteiger partial charge in [0.25, 0.3) is 0 Å². The highest BCUT2D eigenvalue weighted by molar-refractivity contribution is 5.25.